The first-order valence-corrected chi connectivity index (χ1v) is 8.02. The van der Waals surface area contributed by atoms with Gasteiger partial charge in [-0.1, -0.05) is 18.2 Å². The number of aryl methyl sites for hydroxylation is 1. The van der Waals surface area contributed by atoms with Crippen LogP contribution in [-0.4, -0.2) is 20.2 Å². The molecule has 1 atom stereocenters. The minimum absolute atomic E-state index is 0.0307. The Bertz CT molecular complexity index is 1140. The molecule has 2 aromatic heterocycles. The molecule has 1 aromatic carbocycles. The monoisotopic (exact) mass is 350 g/mol. The van der Waals surface area contributed by atoms with Gasteiger partial charge in [0.25, 0.3) is 11.2 Å². The lowest BCUT2D eigenvalue weighted by Crippen LogP contribution is -2.32. The van der Waals surface area contributed by atoms with Crippen LogP contribution in [0.4, 0.5) is 11.5 Å². The van der Waals surface area contributed by atoms with Crippen molar-refractivity contribution in [1.29, 1.82) is 0 Å². The molecule has 0 aliphatic carbocycles. The second kappa shape index (κ2) is 5.76. The molecule has 0 saturated carbocycles. The van der Waals surface area contributed by atoms with Crippen molar-refractivity contribution in [2.24, 2.45) is 0 Å². The molecule has 0 fully saturated rings. The predicted molar refractivity (Wildman–Crippen MR) is 94.4 cm³/mol. The van der Waals surface area contributed by atoms with Crippen LogP contribution in [0.25, 0.3) is 5.65 Å². The van der Waals surface area contributed by atoms with Gasteiger partial charge in [-0.2, -0.15) is 4.98 Å². The molecule has 1 amide bonds. The van der Waals surface area contributed by atoms with E-state index in [9.17, 15) is 19.7 Å². The Morgan fingerprint density at radius 2 is 2.08 bits per heavy atom. The molecule has 0 unspecified atom stereocenters. The minimum Gasteiger partial charge on any atom is -0.311 e. The topological polar surface area (TPSA) is 107 Å². The van der Waals surface area contributed by atoms with Crippen molar-refractivity contribution in [2.75, 3.05) is 5.32 Å². The number of carbonyl (C=O) groups excluding carboxylic acids is 1. The molecule has 0 radical (unpaired) electrons. The Balaban J connectivity index is 1.99. The van der Waals surface area contributed by atoms with Gasteiger partial charge in [-0.3, -0.25) is 24.1 Å². The number of carbonyl (C=O) groups is 1. The summed E-state index contributed by atoms with van der Waals surface area (Å²) in [6, 6.07) is 9.65. The van der Waals surface area contributed by atoms with E-state index in [0.717, 1.165) is 5.56 Å². The van der Waals surface area contributed by atoms with Gasteiger partial charge in [-0.25, -0.2) is 0 Å². The molecule has 0 spiro atoms. The van der Waals surface area contributed by atoms with E-state index in [0.29, 0.717) is 22.6 Å². The lowest BCUT2D eigenvalue weighted by Gasteiger charge is -2.26. The maximum Gasteiger partial charge on any atom is 0.279 e. The third-order valence-electron chi connectivity index (χ3n) is 4.58. The van der Waals surface area contributed by atoms with E-state index >= 15 is 0 Å². The number of nitrogens with one attached hydrogen (secondary N) is 1. The molecule has 1 N–H and O–H groups in total. The second-order valence-corrected chi connectivity index (χ2v) is 6.22. The van der Waals surface area contributed by atoms with Gasteiger partial charge in [0, 0.05) is 30.7 Å². The maximum atomic E-state index is 12.7. The summed E-state index contributed by atoms with van der Waals surface area (Å²) < 4.78 is 1.67. The largest absolute Gasteiger partial charge is 0.311 e. The summed E-state index contributed by atoms with van der Waals surface area (Å²) in [6.45, 7) is 1.83. The summed E-state index contributed by atoms with van der Waals surface area (Å²) in [5, 5.41) is 13.8. The summed E-state index contributed by atoms with van der Waals surface area (Å²) in [5.74, 6) is -0.470. The van der Waals surface area contributed by atoms with E-state index in [1.807, 2.05) is 13.0 Å². The fourth-order valence-corrected chi connectivity index (χ4v) is 3.37. The number of aromatic nitrogens is 2. The van der Waals surface area contributed by atoms with Crippen LogP contribution < -0.4 is 10.9 Å². The molecule has 4 rings (SSSR count). The molecule has 8 nitrogen and oxygen atoms in total. The van der Waals surface area contributed by atoms with Crippen LogP contribution >= 0.6 is 0 Å². The molecule has 3 heterocycles. The van der Waals surface area contributed by atoms with Crippen molar-refractivity contribution in [1.82, 2.24) is 9.38 Å². The second-order valence-electron chi connectivity index (χ2n) is 6.22. The van der Waals surface area contributed by atoms with Crippen LogP contribution in [0.5, 0.6) is 0 Å². The number of benzene rings is 1. The average molecular weight is 350 g/mol. The number of hydrogen-bond donors (Lipinski definition) is 1. The first-order chi connectivity index (χ1) is 12.5. The van der Waals surface area contributed by atoms with E-state index in [4.69, 9.17) is 0 Å². The highest BCUT2D eigenvalue weighted by Gasteiger charge is 2.32. The standard InChI is InChI=1S/C18H14N4O4/c1-10-4-3-7-21-16(10)20-18(24)15-13(9-14(23)19-17(15)21)11-5-2-6-12(8-11)22(25)26/h2-8,13H,9H2,1H3,(H,19,23)/t13-/m0/s1. The van der Waals surface area contributed by atoms with Gasteiger partial charge < -0.3 is 5.32 Å². The molecule has 3 aromatic rings. The lowest BCUT2D eigenvalue weighted by atomic mass is 9.86. The van der Waals surface area contributed by atoms with Gasteiger partial charge >= 0.3 is 0 Å². The summed E-state index contributed by atoms with van der Waals surface area (Å²) in [6.07, 6.45) is 1.76. The SMILES string of the molecule is Cc1cccn2c3c(c(=O)nc12)[C@H](c1cccc([N+](=O)[O-])c1)CC(=O)N3. The first-order valence-electron chi connectivity index (χ1n) is 8.02. The van der Waals surface area contributed by atoms with Crippen molar-refractivity contribution < 1.29 is 9.72 Å². The molecular formula is C18H14N4O4. The quantitative estimate of drug-likeness (QED) is 0.564. The zero-order valence-electron chi connectivity index (χ0n) is 13.8. The zero-order valence-corrected chi connectivity index (χ0v) is 13.8. The Labute approximate surface area is 147 Å². The Morgan fingerprint density at radius 3 is 2.85 bits per heavy atom. The number of hydrogen-bond acceptors (Lipinski definition) is 5. The molecule has 26 heavy (non-hydrogen) atoms. The zero-order chi connectivity index (χ0) is 18.4. The van der Waals surface area contributed by atoms with Crippen molar-refractivity contribution in [3.05, 3.63) is 79.8 Å². The van der Waals surface area contributed by atoms with Crippen LogP contribution in [-0.2, 0) is 4.79 Å². The van der Waals surface area contributed by atoms with Crippen molar-refractivity contribution in [3.63, 3.8) is 0 Å². The third kappa shape index (κ3) is 2.43. The summed E-state index contributed by atoms with van der Waals surface area (Å²) in [5.41, 5.74) is 1.64. The number of fused-ring (bicyclic) bond motifs is 3. The van der Waals surface area contributed by atoms with Crippen LogP contribution in [0.3, 0.4) is 0 Å². The van der Waals surface area contributed by atoms with Crippen molar-refractivity contribution in [2.45, 2.75) is 19.3 Å². The van der Waals surface area contributed by atoms with E-state index in [1.54, 1.807) is 28.8 Å². The Kier molecular flexibility index (Phi) is 3.54. The summed E-state index contributed by atoms with van der Waals surface area (Å²) >= 11 is 0. The molecule has 1 aliphatic heterocycles. The number of nitrogens with zero attached hydrogens (tertiary/aromatic N) is 3. The average Bonchev–Trinajstić information content (AvgIpc) is 2.62. The van der Waals surface area contributed by atoms with Gasteiger partial charge in [-0.15, -0.1) is 0 Å². The van der Waals surface area contributed by atoms with E-state index in [2.05, 4.69) is 10.3 Å². The number of nitro groups is 1. The van der Waals surface area contributed by atoms with Crippen LogP contribution in [0, 0.1) is 17.0 Å². The van der Waals surface area contributed by atoms with E-state index in [1.165, 1.54) is 12.1 Å². The lowest BCUT2D eigenvalue weighted by molar-refractivity contribution is -0.384. The van der Waals surface area contributed by atoms with E-state index < -0.39 is 16.4 Å². The normalized spacial score (nSPS) is 16.2. The molecule has 0 saturated heterocycles. The van der Waals surface area contributed by atoms with Crippen LogP contribution in [0.2, 0.25) is 0 Å². The number of non-ortho nitro benzene ring substituents is 1. The summed E-state index contributed by atoms with van der Waals surface area (Å²) in [7, 11) is 0. The first kappa shape index (κ1) is 15.9. The van der Waals surface area contributed by atoms with Crippen LogP contribution in [0.15, 0.2) is 47.4 Å². The highest BCUT2D eigenvalue weighted by Crippen LogP contribution is 2.36. The third-order valence-corrected chi connectivity index (χ3v) is 4.58. The molecule has 8 heteroatoms. The van der Waals surface area contributed by atoms with Gasteiger partial charge in [-0.05, 0) is 24.1 Å². The molecule has 130 valence electrons. The number of amides is 1. The van der Waals surface area contributed by atoms with Gasteiger partial charge in [0.1, 0.15) is 11.5 Å². The maximum absolute atomic E-state index is 12.7. The highest BCUT2D eigenvalue weighted by atomic mass is 16.6. The van der Waals surface area contributed by atoms with Gasteiger partial charge in [0.15, 0.2) is 0 Å². The minimum atomic E-state index is -0.587. The fraction of sp³-hybridized carbons (Fsp3) is 0.167. The smallest absolute Gasteiger partial charge is 0.279 e. The van der Waals surface area contributed by atoms with Crippen molar-refractivity contribution in [3.8, 4) is 0 Å². The van der Waals surface area contributed by atoms with Crippen molar-refractivity contribution >= 4 is 23.1 Å². The molecule has 1 aliphatic rings. The fourth-order valence-electron chi connectivity index (χ4n) is 3.37. The number of pyridine rings is 1. The number of rotatable bonds is 2. The highest BCUT2D eigenvalue weighted by molar-refractivity contribution is 5.94. The van der Waals surface area contributed by atoms with Gasteiger partial charge in [0.2, 0.25) is 5.91 Å². The summed E-state index contributed by atoms with van der Waals surface area (Å²) in [4.78, 5) is 39.8. The number of anilines is 1. The number of nitro benzene ring substituents is 1. The van der Waals surface area contributed by atoms with Gasteiger partial charge in [0.05, 0.1) is 10.5 Å². The Morgan fingerprint density at radius 1 is 1.27 bits per heavy atom. The van der Waals surface area contributed by atoms with E-state index in [-0.39, 0.29) is 18.0 Å². The van der Waals surface area contributed by atoms with Crippen LogP contribution in [0.1, 0.15) is 29.0 Å². The predicted octanol–water partition coefficient (Wildman–Crippen LogP) is 2.39. The molecular weight excluding hydrogens is 336 g/mol. The molecule has 0 bridgehead atoms. The Hall–Kier alpha value is -3.55.